The lowest BCUT2D eigenvalue weighted by molar-refractivity contribution is -0.132. The van der Waals surface area contributed by atoms with Gasteiger partial charge in [0.2, 0.25) is 0 Å². The van der Waals surface area contributed by atoms with Crippen molar-refractivity contribution in [2.75, 3.05) is 13.6 Å². The van der Waals surface area contributed by atoms with Gasteiger partial charge in [0.05, 0.1) is 3.57 Å². The van der Waals surface area contributed by atoms with Crippen LogP contribution in [0.1, 0.15) is 6.42 Å². The van der Waals surface area contributed by atoms with E-state index >= 15 is 0 Å². The number of amides is 1. The van der Waals surface area contributed by atoms with Gasteiger partial charge in [-0.1, -0.05) is 12.1 Å². The van der Waals surface area contributed by atoms with Crippen LogP contribution in [-0.2, 0) is 4.79 Å². The molecule has 1 aliphatic rings. The van der Waals surface area contributed by atoms with E-state index < -0.39 is 0 Å². The van der Waals surface area contributed by atoms with Crippen molar-refractivity contribution in [1.82, 2.24) is 4.90 Å². The summed E-state index contributed by atoms with van der Waals surface area (Å²) >= 11 is 2.21. The van der Waals surface area contributed by atoms with E-state index in [1.807, 2.05) is 31.3 Å². The number of hydrogen-bond acceptors (Lipinski definition) is 2. The quantitative estimate of drug-likeness (QED) is 0.780. The molecular formula is C11H12INO2. The molecule has 0 aliphatic carbocycles. The maximum atomic E-state index is 11.6. The Kier molecular flexibility index (Phi) is 3.14. The minimum Gasteiger partial charge on any atom is -0.479 e. The Morgan fingerprint density at radius 1 is 1.47 bits per heavy atom. The smallest absolute Gasteiger partial charge is 0.263 e. The number of ether oxygens (including phenoxy) is 1. The zero-order chi connectivity index (χ0) is 10.8. The summed E-state index contributed by atoms with van der Waals surface area (Å²) in [7, 11) is 1.81. The summed E-state index contributed by atoms with van der Waals surface area (Å²) in [5.74, 6) is 0.876. The second kappa shape index (κ2) is 4.38. The summed E-state index contributed by atoms with van der Waals surface area (Å²) in [6, 6.07) is 7.74. The van der Waals surface area contributed by atoms with Crippen LogP contribution >= 0.6 is 22.6 Å². The van der Waals surface area contributed by atoms with Crippen molar-refractivity contribution in [3.05, 3.63) is 27.8 Å². The predicted molar refractivity (Wildman–Crippen MR) is 65.8 cm³/mol. The fourth-order valence-electron chi connectivity index (χ4n) is 1.59. The van der Waals surface area contributed by atoms with Gasteiger partial charge in [-0.05, 0) is 34.7 Å². The number of carbonyl (C=O) groups is 1. The van der Waals surface area contributed by atoms with Crippen LogP contribution in [0.5, 0.6) is 5.75 Å². The summed E-state index contributed by atoms with van der Waals surface area (Å²) in [5.41, 5.74) is 0. The Morgan fingerprint density at radius 3 is 2.80 bits per heavy atom. The maximum absolute atomic E-state index is 11.6. The average Bonchev–Trinajstić information content (AvgIpc) is 2.53. The summed E-state index contributed by atoms with van der Waals surface area (Å²) in [4.78, 5) is 13.3. The van der Waals surface area contributed by atoms with E-state index in [2.05, 4.69) is 22.6 Å². The van der Waals surface area contributed by atoms with Gasteiger partial charge in [-0.15, -0.1) is 0 Å². The van der Waals surface area contributed by atoms with Gasteiger partial charge in [0.15, 0.2) is 6.10 Å². The number of halogens is 1. The molecule has 1 aromatic carbocycles. The Balaban J connectivity index is 2.10. The lowest BCUT2D eigenvalue weighted by Crippen LogP contribution is -2.29. The molecule has 2 rings (SSSR count). The summed E-state index contributed by atoms with van der Waals surface area (Å²) < 4.78 is 6.73. The fourth-order valence-corrected chi connectivity index (χ4v) is 2.11. The number of likely N-dealkylation sites (N-methyl/N-ethyl adjacent to an activating group) is 1. The Bertz CT molecular complexity index is 381. The van der Waals surface area contributed by atoms with Crippen molar-refractivity contribution in [2.45, 2.75) is 12.5 Å². The fraction of sp³-hybridized carbons (Fsp3) is 0.364. The molecule has 0 radical (unpaired) electrons. The number of hydrogen-bond donors (Lipinski definition) is 0. The van der Waals surface area contributed by atoms with Crippen molar-refractivity contribution in [3.8, 4) is 5.75 Å². The third kappa shape index (κ3) is 2.25. The van der Waals surface area contributed by atoms with Gasteiger partial charge in [-0.3, -0.25) is 4.79 Å². The monoisotopic (exact) mass is 317 g/mol. The molecule has 0 aromatic heterocycles. The first-order chi connectivity index (χ1) is 7.18. The number of nitrogens with zero attached hydrogens (tertiary/aromatic N) is 1. The van der Waals surface area contributed by atoms with Crippen molar-refractivity contribution in [2.24, 2.45) is 0 Å². The zero-order valence-electron chi connectivity index (χ0n) is 8.44. The highest BCUT2D eigenvalue weighted by atomic mass is 127. The van der Waals surface area contributed by atoms with Crippen molar-refractivity contribution in [3.63, 3.8) is 0 Å². The molecule has 1 aromatic rings. The largest absolute Gasteiger partial charge is 0.479 e. The Hall–Kier alpha value is -0.780. The maximum Gasteiger partial charge on any atom is 0.263 e. The minimum absolute atomic E-state index is 0.0784. The summed E-state index contributed by atoms with van der Waals surface area (Å²) in [5, 5.41) is 0. The molecule has 0 N–H and O–H groups in total. The molecule has 0 bridgehead atoms. The Morgan fingerprint density at radius 2 is 2.20 bits per heavy atom. The highest BCUT2D eigenvalue weighted by Gasteiger charge is 2.30. The molecule has 80 valence electrons. The normalized spacial score (nSPS) is 20.8. The van der Waals surface area contributed by atoms with Gasteiger partial charge < -0.3 is 9.64 Å². The molecule has 1 fully saturated rings. The highest BCUT2D eigenvalue weighted by Crippen LogP contribution is 2.23. The van der Waals surface area contributed by atoms with Crippen molar-refractivity contribution in [1.29, 1.82) is 0 Å². The lowest BCUT2D eigenvalue weighted by Gasteiger charge is -2.13. The molecule has 15 heavy (non-hydrogen) atoms. The molecule has 4 heteroatoms. The molecule has 1 saturated heterocycles. The molecule has 1 atom stereocenters. The van der Waals surface area contributed by atoms with Gasteiger partial charge in [-0.25, -0.2) is 0 Å². The van der Waals surface area contributed by atoms with Crippen LogP contribution in [0.4, 0.5) is 0 Å². The number of carbonyl (C=O) groups excluding carboxylic acids is 1. The summed E-state index contributed by atoms with van der Waals surface area (Å²) in [6.45, 7) is 0.785. The second-order valence-electron chi connectivity index (χ2n) is 3.59. The number of rotatable bonds is 2. The van der Waals surface area contributed by atoms with E-state index in [0.29, 0.717) is 0 Å². The topological polar surface area (TPSA) is 29.5 Å². The molecule has 1 unspecified atom stereocenters. The predicted octanol–water partition coefficient (Wildman–Crippen LogP) is 1.90. The van der Waals surface area contributed by atoms with Crippen LogP contribution in [0.3, 0.4) is 0 Å². The third-order valence-electron chi connectivity index (χ3n) is 2.48. The van der Waals surface area contributed by atoms with Crippen LogP contribution in [-0.4, -0.2) is 30.5 Å². The molecule has 0 saturated carbocycles. The van der Waals surface area contributed by atoms with E-state index in [1.54, 1.807) is 4.90 Å². The zero-order valence-corrected chi connectivity index (χ0v) is 10.6. The second-order valence-corrected chi connectivity index (χ2v) is 4.75. The number of likely N-dealkylation sites (tertiary alicyclic amines) is 1. The summed E-state index contributed by atoms with van der Waals surface area (Å²) in [6.07, 6.45) is 0.478. The SMILES string of the molecule is CN1CCC(Oc2ccccc2I)C1=O. The highest BCUT2D eigenvalue weighted by molar-refractivity contribution is 14.1. The molecule has 3 nitrogen and oxygen atoms in total. The number of para-hydroxylation sites is 1. The van der Waals surface area contributed by atoms with Gasteiger partial charge in [0.25, 0.3) is 5.91 Å². The van der Waals surface area contributed by atoms with Gasteiger partial charge >= 0.3 is 0 Å². The number of benzene rings is 1. The van der Waals surface area contributed by atoms with Crippen molar-refractivity contribution >= 4 is 28.5 Å². The minimum atomic E-state index is -0.300. The molecular weight excluding hydrogens is 305 g/mol. The standard InChI is InChI=1S/C11H12INO2/c1-13-7-6-10(11(13)14)15-9-5-3-2-4-8(9)12/h2-5,10H,6-7H2,1H3. The van der Waals surface area contributed by atoms with E-state index in [1.165, 1.54) is 0 Å². The first-order valence-corrected chi connectivity index (χ1v) is 5.92. The lowest BCUT2D eigenvalue weighted by atomic mass is 10.3. The molecule has 1 aliphatic heterocycles. The van der Waals surface area contributed by atoms with E-state index in [-0.39, 0.29) is 12.0 Å². The van der Waals surface area contributed by atoms with Crippen LogP contribution < -0.4 is 4.74 Å². The molecule has 1 heterocycles. The third-order valence-corrected chi connectivity index (χ3v) is 3.38. The Labute approximate surface area is 103 Å². The van der Waals surface area contributed by atoms with E-state index in [4.69, 9.17) is 4.74 Å². The van der Waals surface area contributed by atoms with Crippen LogP contribution in [0.25, 0.3) is 0 Å². The van der Waals surface area contributed by atoms with E-state index in [9.17, 15) is 4.79 Å². The van der Waals surface area contributed by atoms with Gasteiger partial charge in [0.1, 0.15) is 5.75 Å². The van der Waals surface area contributed by atoms with Gasteiger partial charge in [-0.2, -0.15) is 0 Å². The van der Waals surface area contributed by atoms with Gasteiger partial charge in [0, 0.05) is 20.0 Å². The average molecular weight is 317 g/mol. The molecule has 1 amide bonds. The van der Waals surface area contributed by atoms with Crippen LogP contribution in [0, 0.1) is 3.57 Å². The van der Waals surface area contributed by atoms with Crippen LogP contribution in [0.15, 0.2) is 24.3 Å². The van der Waals surface area contributed by atoms with Crippen LogP contribution in [0.2, 0.25) is 0 Å². The van der Waals surface area contributed by atoms with Crippen molar-refractivity contribution < 1.29 is 9.53 Å². The first kappa shape index (κ1) is 10.7. The van der Waals surface area contributed by atoms with E-state index in [0.717, 1.165) is 22.3 Å². The molecule has 0 spiro atoms. The first-order valence-electron chi connectivity index (χ1n) is 4.84.